The van der Waals surface area contributed by atoms with Gasteiger partial charge < -0.3 is 4.43 Å². The van der Waals surface area contributed by atoms with Crippen LogP contribution in [-0.2, 0) is 4.43 Å². The van der Waals surface area contributed by atoms with Crippen LogP contribution >= 0.6 is 0 Å². The van der Waals surface area contributed by atoms with Crippen LogP contribution in [0, 0.1) is 0 Å². The van der Waals surface area contributed by atoms with Crippen molar-refractivity contribution in [2.24, 2.45) is 0 Å². The van der Waals surface area contributed by atoms with E-state index in [1.54, 1.807) is 0 Å². The van der Waals surface area contributed by atoms with E-state index in [4.69, 9.17) is 4.43 Å². The van der Waals surface area contributed by atoms with E-state index < -0.39 is 28.1 Å². The minimum atomic E-state index is -2.23. The van der Waals surface area contributed by atoms with Gasteiger partial charge in [-0.15, -0.1) is 25.4 Å². The van der Waals surface area contributed by atoms with Crippen molar-refractivity contribution in [2.45, 2.75) is 31.3 Å². The molecule has 0 bridgehead atoms. The van der Waals surface area contributed by atoms with Gasteiger partial charge in [-0.2, -0.15) is 0 Å². The molecule has 0 aromatic heterocycles. The Morgan fingerprint density at radius 3 is 1.68 bits per heavy atom. The molecule has 1 saturated heterocycles. The molecule has 104 valence electrons. The molecule has 1 aliphatic rings. The molecule has 1 unspecified atom stereocenters. The van der Waals surface area contributed by atoms with E-state index in [2.05, 4.69) is 58.2 Å². The van der Waals surface area contributed by atoms with E-state index in [0.717, 1.165) is 6.04 Å². The topological polar surface area (TPSA) is 9.23 Å². The molecule has 4 heteroatoms. The monoisotopic (exact) mass is 306 g/mol. The minimum absolute atomic E-state index is 0.417. The molecule has 1 heterocycles. The van der Waals surface area contributed by atoms with Crippen molar-refractivity contribution in [3.05, 3.63) is 62.1 Å². The molecule has 19 heavy (non-hydrogen) atoms. The van der Waals surface area contributed by atoms with Crippen molar-refractivity contribution < 1.29 is 4.43 Å². The molecular formula is C15H26OSi3. The van der Waals surface area contributed by atoms with Gasteiger partial charge in [-0.25, -0.2) is 0 Å². The Hall–Kier alpha value is -0.689. The van der Waals surface area contributed by atoms with Crippen molar-refractivity contribution in [1.29, 1.82) is 0 Å². The van der Waals surface area contributed by atoms with Crippen LogP contribution in [0.2, 0.25) is 25.7 Å². The van der Waals surface area contributed by atoms with Crippen LogP contribution in [0.1, 0.15) is 0 Å². The first-order chi connectivity index (χ1) is 8.72. The van der Waals surface area contributed by atoms with Gasteiger partial charge in [-0.05, 0) is 6.04 Å². The van der Waals surface area contributed by atoms with E-state index in [9.17, 15) is 0 Å². The third-order valence-corrected chi connectivity index (χ3v) is 39.8. The molecular weight excluding hydrogens is 280 g/mol. The fourth-order valence-corrected chi connectivity index (χ4v) is 33.7. The van der Waals surface area contributed by atoms with Crippen LogP contribution in [0.5, 0.6) is 0 Å². The Morgan fingerprint density at radius 2 is 1.37 bits per heavy atom. The molecule has 0 spiro atoms. The van der Waals surface area contributed by atoms with Gasteiger partial charge in [-0.1, -0.05) is 56.3 Å². The number of rotatable bonds is 5. The summed E-state index contributed by atoms with van der Waals surface area (Å²) in [7, 11) is -5.51. The predicted molar refractivity (Wildman–Crippen MR) is 94.5 cm³/mol. The average Bonchev–Trinajstić information content (AvgIpc) is 2.41. The van der Waals surface area contributed by atoms with Crippen LogP contribution in [0.25, 0.3) is 0 Å². The zero-order chi connectivity index (χ0) is 14.9. The van der Waals surface area contributed by atoms with Crippen molar-refractivity contribution in [2.75, 3.05) is 0 Å². The average molecular weight is 307 g/mol. The van der Waals surface area contributed by atoms with Crippen molar-refractivity contribution in [1.82, 2.24) is 0 Å². The minimum Gasteiger partial charge on any atom is -0.400 e. The zero-order valence-corrected chi connectivity index (χ0v) is 15.5. The van der Waals surface area contributed by atoms with Gasteiger partial charge in [-0.3, -0.25) is 0 Å². The lowest BCUT2D eigenvalue weighted by atomic mass is 10.1. The molecule has 1 rings (SSSR count). The van der Waals surface area contributed by atoms with E-state index in [0.29, 0.717) is 0 Å². The van der Waals surface area contributed by atoms with Gasteiger partial charge in [0.2, 0.25) is 7.83 Å². The highest BCUT2D eigenvalue weighted by Gasteiger charge is 2.64. The van der Waals surface area contributed by atoms with Crippen LogP contribution in [0.4, 0.5) is 0 Å². The van der Waals surface area contributed by atoms with Gasteiger partial charge >= 0.3 is 0 Å². The molecule has 0 aromatic rings. The van der Waals surface area contributed by atoms with E-state index in [1.807, 2.05) is 23.6 Å². The van der Waals surface area contributed by atoms with E-state index in [1.165, 1.54) is 0 Å². The highest BCUT2D eigenvalue weighted by Crippen LogP contribution is 2.46. The summed E-state index contributed by atoms with van der Waals surface area (Å²) in [6.45, 7) is 27.5. The smallest absolute Gasteiger partial charge is 0.228 e. The summed E-state index contributed by atoms with van der Waals surface area (Å²) in [5.41, 5.74) is 5.89. The summed E-state index contributed by atoms with van der Waals surface area (Å²) in [5, 5.41) is 0. The SMILES string of the molecule is C=CC1(C=C)C[Si](C)(C)[Si](C)(C=C)[Si](C=C)(C=C)O1. The van der Waals surface area contributed by atoms with Crippen molar-refractivity contribution in [3.63, 3.8) is 0 Å². The molecule has 0 radical (unpaired) electrons. The predicted octanol–water partition coefficient (Wildman–Crippen LogP) is 4.19. The highest BCUT2D eigenvalue weighted by molar-refractivity contribution is 7.71. The maximum atomic E-state index is 6.59. The lowest BCUT2D eigenvalue weighted by Gasteiger charge is -2.58. The van der Waals surface area contributed by atoms with Gasteiger partial charge in [0.05, 0.1) is 13.2 Å². The maximum absolute atomic E-state index is 6.59. The fourth-order valence-electron chi connectivity index (χ4n) is 3.20. The van der Waals surface area contributed by atoms with E-state index >= 15 is 0 Å². The molecule has 1 fully saturated rings. The third kappa shape index (κ3) is 2.07. The molecule has 1 nitrogen and oxygen atoms in total. The summed E-state index contributed by atoms with van der Waals surface area (Å²) in [5.74, 6) is 0. The first kappa shape index (κ1) is 16.4. The van der Waals surface area contributed by atoms with Crippen LogP contribution < -0.4 is 0 Å². The molecule has 0 N–H and O–H groups in total. The summed E-state index contributed by atoms with van der Waals surface area (Å²) >= 11 is 0. The second-order valence-corrected chi connectivity index (χ2v) is 29.8. The number of hydrogen-bond acceptors (Lipinski definition) is 1. The lowest BCUT2D eigenvalue weighted by Crippen LogP contribution is -2.79. The van der Waals surface area contributed by atoms with Crippen molar-refractivity contribution in [3.8, 4) is 0 Å². The third-order valence-electron chi connectivity index (χ3n) is 5.00. The molecule has 0 amide bonds. The van der Waals surface area contributed by atoms with Gasteiger partial charge in [0.1, 0.15) is 7.11 Å². The Morgan fingerprint density at radius 1 is 0.895 bits per heavy atom. The van der Waals surface area contributed by atoms with Crippen molar-refractivity contribution >= 4 is 22.5 Å². The summed E-state index contributed by atoms with van der Waals surface area (Å²) in [6.07, 6.45) is 3.81. The fraction of sp³-hybridized carbons (Fsp3) is 0.333. The standard InChI is InChI=1S/C15H26OSi3/c1-9-15(10-2)14-17(6,7)18(8,11-3)19(12-4,13-5)16-15/h9-13H,1-5,14H2,6-8H3. The summed E-state index contributed by atoms with van der Waals surface area (Å²) in [6, 6.07) is 1.03. The van der Waals surface area contributed by atoms with E-state index in [-0.39, 0.29) is 0 Å². The maximum Gasteiger partial charge on any atom is 0.228 e. The molecule has 0 saturated carbocycles. The lowest BCUT2D eigenvalue weighted by molar-refractivity contribution is 0.190. The second-order valence-electron chi connectivity index (χ2n) is 6.13. The molecule has 0 aliphatic carbocycles. The zero-order valence-electron chi connectivity index (χ0n) is 12.5. The van der Waals surface area contributed by atoms with Crippen LogP contribution in [0.15, 0.2) is 62.1 Å². The Kier molecular flexibility index (Phi) is 4.32. The first-order valence-corrected chi connectivity index (χ1v) is 16.4. The molecule has 0 aromatic carbocycles. The Bertz CT molecular complexity index is 423. The normalized spacial score (nSPS) is 30.9. The number of hydrogen-bond donors (Lipinski definition) is 0. The Balaban J connectivity index is 3.60. The van der Waals surface area contributed by atoms with Gasteiger partial charge in [0.25, 0.3) is 0 Å². The quantitative estimate of drug-likeness (QED) is 0.546. The first-order valence-electron chi connectivity index (χ1n) is 6.60. The second kappa shape index (κ2) is 5.01. The van der Waals surface area contributed by atoms with Crippen LogP contribution in [0.3, 0.4) is 0 Å². The Labute approximate surface area is 120 Å². The molecule has 1 atom stereocenters. The molecule has 1 aliphatic heterocycles. The largest absolute Gasteiger partial charge is 0.400 e. The summed E-state index contributed by atoms with van der Waals surface area (Å²) < 4.78 is 6.59. The summed E-state index contributed by atoms with van der Waals surface area (Å²) in [4.78, 5) is 0. The van der Waals surface area contributed by atoms with Crippen LogP contribution in [-0.4, -0.2) is 28.1 Å². The van der Waals surface area contributed by atoms with Gasteiger partial charge in [0.15, 0.2) is 0 Å². The van der Waals surface area contributed by atoms with Gasteiger partial charge in [0, 0.05) is 0 Å². The highest BCUT2D eigenvalue weighted by atomic mass is 29.6.